The minimum absolute atomic E-state index is 0.0418. The van der Waals surface area contributed by atoms with Crippen molar-refractivity contribution in [3.05, 3.63) is 154 Å². The standard InChI is InChI=1S/C50H54O4S/c1-47(2)21-23-49(5,6)43-29-37(15-19-41(43)47)45(51)35-11-9-33-27-39(17-13-31(33)25-35)55(53,54)40-18-14-32-26-36(12-10-34(32)28-40)46(52)38-16-20-42-44(30-38)50(7,8)24-22-48(42,3)4/h9-20,25-30,45-46,51-52H,21-24H2,1-8H3. The summed E-state index contributed by atoms with van der Waals surface area (Å²) in [6.07, 6.45) is 2.89. The van der Waals surface area contributed by atoms with E-state index >= 15 is 0 Å². The van der Waals surface area contributed by atoms with E-state index in [0.29, 0.717) is 0 Å². The molecule has 0 aromatic heterocycles. The van der Waals surface area contributed by atoms with Gasteiger partial charge in [-0.25, -0.2) is 8.42 Å². The minimum atomic E-state index is -3.82. The molecule has 0 aliphatic heterocycles. The van der Waals surface area contributed by atoms with E-state index in [0.717, 1.165) is 69.5 Å². The molecule has 284 valence electrons. The summed E-state index contributed by atoms with van der Waals surface area (Å²) in [4.78, 5) is 0.440. The zero-order valence-electron chi connectivity index (χ0n) is 33.5. The van der Waals surface area contributed by atoms with Crippen LogP contribution in [0.4, 0.5) is 0 Å². The maximum absolute atomic E-state index is 14.0. The molecule has 2 atom stereocenters. The molecule has 0 fully saturated rings. The van der Waals surface area contributed by atoms with E-state index in [4.69, 9.17) is 0 Å². The summed E-state index contributed by atoms with van der Waals surface area (Å²) in [5, 5.41) is 26.4. The normalized spacial score (nSPS) is 19.4. The third-order valence-electron chi connectivity index (χ3n) is 13.3. The maximum atomic E-state index is 14.0. The molecule has 55 heavy (non-hydrogen) atoms. The molecule has 0 saturated heterocycles. The lowest BCUT2D eigenvalue weighted by molar-refractivity contribution is 0.219. The molecule has 0 radical (unpaired) electrons. The second-order valence-corrected chi connectivity index (χ2v) is 20.9. The van der Waals surface area contributed by atoms with E-state index in [-0.39, 0.29) is 31.5 Å². The Morgan fingerprint density at radius 2 is 0.691 bits per heavy atom. The van der Waals surface area contributed by atoms with E-state index in [2.05, 4.69) is 91.8 Å². The van der Waals surface area contributed by atoms with E-state index in [1.165, 1.54) is 22.3 Å². The van der Waals surface area contributed by atoms with Crippen molar-refractivity contribution in [2.45, 2.75) is 125 Å². The third kappa shape index (κ3) is 6.52. The van der Waals surface area contributed by atoms with Crippen LogP contribution in [0.1, 0.15) is 138 Å². The molecule has 8 rings (SSSR count). The Morgan fingerprint density at radius 3 is 1.07 bits per heavy atom. The van der Waals surface area contributed by atoms with Crippen LogP contribution in [0.15, 0.2) is 119 Å². The SMILES string of the molecule is CC1(C)CCC(C)(C)c2cc(C(O)c3ccc4cc(S(=O)(=O)c5ccc6cc(C(O)c7ccc8c(c7)C(C)(C)CCC8(C)C)ccc6c5)ccc4c3)ccc21. The molecule has 0 saturated carbocycles. The van der Waals surface area contributed by atoms with E-state index in [1.54, 1.807) is 24.3 Å². The maximum Gasteiger partial charge on any atom is 0.206 e. The number of aliphatic hydroxyl groups excluding tert-OH is 2. The van der Waals surface area contributed by atoms with Crippen molar-refractivity contribution in [2.75, 3.05) is 0 Å². The number of aliphatic hydroxyl groups is 2. The minimum Gasteiger partial charge on any atom is -0.384 e. The highest BCUT2D eigenvalue weighted by Crippen LogP contribution is 2.48. The fourth-order valence-electron chi connectivity index (χ4n) is 9.23. The molecule has 0 bridgehead atoms. The molecular formula is C50H54O4S. The largest absolute Gasteiger partial charge is 0.384 e. The van der Waals surface area contributed by atoms with Gasteiger partial charge in [0.2, 0.25) is 9.84 Å². The summed E-state index contributed by atoms with van der Waals surface area (Å²) in [7, 11) is -3.82. The Morgan fingerprint density at radius 1 is 0.400 bits per heavy atom. The van der Waals surface area contributed by atoms with E-state index in [9.17, 15) is 18.6 Å². The molecule has 6 aromatic rings. The summed E-state index contributed by atoms with van der Waals surface area (Å²) in [6.45, 7) is 18.4. The van der Waals surface area contributed by atoms with Crippen LogP contribution in [0.2, 0.25) is 0 Å². The summed E-state index contributed by atoms with van der Waals surface area (Å²) < 4.78 is 28.0. The Labute approximate surface area is 327 Å². The van der Waals surface area contributed by atoms with Crippen LogP contribution in [-0.4, -0.2) is 18.6 Å². The third-order valence-corrected chi connectivity index (χ3v) is 15.1. The Bertz CT molecular complexity index is 2430. The van der Waals surface area contributed by atoms with Crippen LogP contribution in [0.5, 0.6) is 0 Å². The average Bonchev–Trinajstić information content (AvgIpc) is 3.16. The number of hydrogen-bond acceptors (Lipinski definition) is 4. The first-order valence-electron chi connectivity index (χ1n) is 19.8. The molecule has 4 nitrogen and oxygen atoms in total. The fourth-order valence-corrected chi connectivity index (χ4v) is 10.6. The molecule has 0 spiro atoms. The van der Waals surface area contributed by atoms with Crippen LogP contribution >= 0.6 is 0 Å². The first-order chi connectivity index (χ1) is 25.8. The number of sulfone groups is 1. The van der Waals surface area contributed by atoms with Crippen molar-refractivity contribution in [3.63, 3.8) is 0 Å². The van der Waals surface area contributed by atoms with Gasteiger partial charge in [-0.15, -0.1) is 0 Å². The van der Waals surface area contributed by atoms with Crippen LogP contribution in [0.25, 0.3) is 21.5 Å². The van der Waals surface area contributed by atoms with E-state index in [1.807, 2.05) is 48.5 Å². The molecule has 2 aliphatic rings. The number of hydrogen-bond donors (Lipinski definition) is 2. The van der Waals surface area contributed by atoms with Crippen molar-refractivity contribution in [2.24, 2.45) is 0 Å². The zero-order chi connectivity index (χ0) is 39.3. The second-order valence-electron chi connectivity index (χ2n) is 19.0. The van der Waals surface area contributed by atoms with Gasteiger partial charge in [-0.1, -0.05) is 128 Å². The van der Waals surface area contributed by atoms with Crippen molar-refractivity contribution < 1.29 is 18.6 Å². The first kappa shape index (κ1) is 37.6. The Balaban J connectivity index is 1.04. The molecule has 2 aliphatic carbocycles. The van der Waals surface area contributed by atoms with Gasteiger partial charge in [0.1, 0.15) is 12.2 Å². The average molecular weight is 751 g/mol. The topological polar surface area (TPSA) is 74.6 Å². The smallest absolute Gasteiger partial charge is 0.206 e. The molecule has 5 heteroatoms. The predicted molar refractivity (Wildman–Crippen MR) is 225 cm³/mol. The second kappa shape index (κ2) is 12.9. The Hall–Kier alpha value is -4.29. The summed E-state index contributed by atoms with van der Waals surface area (Å²) in [6, 6.07) is 34.8. The van der Waals surface area contributed by atoms with E-state index < -0.39 is 22.0 Å². The summed E-state index contributed by atoms with van der Waals surface area (Å²) in [5.74, 6) is 0. The quantitative estimate of drug-likeness (QED) is 0.178. The molecule has 0 heterocycles. The number of rotatable bonds is 6. The van der Waals surface area contributed by atoms with Crippen LogP contribution in [-0.2, 0) is 31.5 Å². The molecule has 2 N–H and O–H groups in total. The van der Waals surface area contributed by atoms with Crippen molar-refractivity contribution in [1.29, 1.82) is 0 Å². The van der Waals surface area contributed by atoms with Gasteiger partial charge in [-0.05, 0) is 150 Å². The molecule has 6 aromatic carbocycles. The summed E-state index contributed by atoms with van der Waals surface area (Å²) >= 11 is 0. The highest BCUT2D eigenvalue weighted by molar-refractivity contribution is 7.91. The van der Waals surface area contributed by atoms with Crippen molar-refractivity contribution in [1.82, 2.24) is 0 Å². The number of fused-ring (bicyclic) bond motifs is 4. The highest BCUT2D eigenvalue weighted by Gasteiger charge is 2.38. The van der Waals surface area contributed by atoms with Gasteiger partial charge >= 0.3 is 0 Å². The lowest BCUT2D eigenvalue weighted by Gasteiger charge is -2.42. The lowest BCUT2D eigenvalue weighted by Crippen LogP contribution is -2.34. The van der Waals surface area contributed by atoms with Gasteiger partial charge in [0, 0.05) is 0 Å². The van der Waals surface area contributed by atoms with Crippen molar-refractivity contribution >= 4 is 31.4 Å². The zero-order valence-corrected chi connectivity index (χ0v) is 34.3. The van der Waals surface area contributed by atoms with Crippen molar-refractivity contribution in [3.8, 4) is 0 Å². The van der Waals surface area contributed by atoms with Crippen LogP contribution in [0.3, 0.4) is 0 Å². The predicted octanol–water partition coefficient (Wildman–Crippen LogP) is 11.7. The number of benzene rings is 6. The van der Waals surface area contributed by atoms with Gasteiger partial charge in [-0.3, -0.25) is 0 Å². The van der Waals surface area contributed by atoms with Gasteiger partial charge < -0.3 is 10.2 Å². The van der Waals surface area contributed by atoms with Gasteiger partial charge in [0.15, 0.2) is 0 Å². The fraction of sp³-hybridized carbons (Fsp3) is 0.360. The van der Waals surface area contributed by atoms with Crippen LogP contribution in [0, 0.1) is 0 Å². The van der Waals surface area contributed by atoms with Gasteiger partial charge in [-0.2, -0.15) is 0 Å². The summed E-state index contributed by atoms with van der Waals surface area (Å²) in [5.41, 5.74) is 8.90. The lowest BCUT2D eigenvalue weighted by atomic mass is 9.63. The Kier molecular flexibility index (Phi) is 8.81. The van der Waals surface area contributed by atoms with Crippen LogP contribution < -0.4 is 0 Å². The monoisotopic (exact) mass is 750 g/mol. The first-order valence-corrected chi connectivity index (χ1v) is 21.2. The molecule has 2 unspecified atom stereocenters. The molecule has 0 amide bonds. The molecular weight excluding hydrogens is 697 g/mol. The highest BCUT2D eigenvalue weighted by atomic mass is 32.2. The van der Waals surface area contributed by atoms with Gasteiger partial charge in [0.05, 0.1) is 9.79 Å². The van der Waals surface area contributed by atoms with Gasteiger partial charge in [0.25, 0.3) is 0 Å².